The summed E-state index contributed by atoms with van der Waals surface area (Å²) in [5, 5.41) is 8.25. The van der Waals surface area contributed by atoms with E-state index in [0.717, 1.165) is 18.1 Å². The molecule has 16 heavy (non-hydrogen) atoms. The number of hydrogen-bond acceptors (Lipinski definition) is 2. The van der Waals surface area contributed by atoms with Crippen molar-refractivity contribution < 1.29 is 0 Å². The summed E-state index contributed by atoms with van der Waals surface area (Å²) < 4.78 is 2.01. The van der Waals surface area contributed by atoms with E-state index in [2.05, 4.69) is 37.9 Å². The Morgan fingerprint density at radius 3 is 2.25 bits per heavy atom. The fraction of sp³-hybridized carbons (Fsp3) is 0.833. The molecule has 0 aliphatic carbocycles. The van der Waals surface area contributed by atoms with Gasteiger partial charge >= 0.3 is 0 Å². The van der Waals surface area contributed by atoms with E-state index in [1.54, 1.807) is 0 Å². The molecule has 1 rings (SSSR count). The molecule has 0 amide bonds. The van der Waals surface area contributed by atoms with Gasteiger partial charge in [-0.1, -0.05) is 27.7 Å². The summed E-state index contributed by atoms with van der Waals surface area (Å²) in [7, 11) is 1.98. The third-order valence-electron chi connectivity index (χ3n) is 2.67. The maximum atomic E-state index is 5.77. The number of halogens is 1. The largest absolute Gasteiger partial charge is 0.317 e. The van der Waals surface area contributed by atoms with Gasteiger partial charge in [0.1, 0.15) is 11.6 Å². The van der Waals surface area contributed by atoms with Crippen LogP contribution < -0.4 is 0 Å². The Morgan fingerprint density at radius 2 is 1.81 bits per heavy atom. The standard InChI is InChI=1S/C12H22ClN3/c1-9(7-12(2,3)4)6-10-14-15-11(8-13)16(10)5/h9H,6-8H2,1-5H3. The molecule has 0 spiro atoms. The first-order chi connectivity index (χ1) is 7.33. The van der Waals surface area contributed by atoms with Gasteiger partial charge in [-0.3, -0.25) is 0 Å². The molecule has 0 saturated carbocycles. The molecule has 0 radical (unpaired) electrons. The van der Waals surface area contributed by atoms with Gasteiger partial charge in [0.2, 0.25) is 0 Å². The van der Waals surface area contributed by atoms with Gasteiger partial charge in [-0.15, -0.1) is 21.8 Å². The normalized spacial score (nSPS) is 14.1. The van der Waals surface area contributed by atoms with Crippen molar-refractivity contribution in [3.8, 4) is 0 Å². The first-order valence-electron chi connectivity index (χ1n) is 5.76. The van der Waals surface area contributed by atoms with Crippen molar-refractivity contribution in [1.82, 2.24) is 14.8 Å². The summed E-state index contributed by atoms with van der Waals surface area (Å²) in [4.78, 5) is 0. The van der Waals surface area contributed by atoms with E-state index in [1.165, 1.54) is 6.42 Å². The molecular weight excluding hydrogens is 222 g/mol. The lowest BCUT2D eigenvalue weighted by Gasteiger charge is -2.22. The average Bonchev–Trinajstić information content (AvgIpc) is 2.44. The summed E-state index contributed by atoms with van der Waals surface area (Å²) in [6, 6.07) is 0. The Hall–Kier alpha value is -0.570. The van der Waals surface area contributed by atoms with Crippen LogP contribution in [0.3, 0.4) is 0 Å². The van der Waals surface area contributed by atoms with Crippen molar-refractivity contribution >= 4 is 11.6 Å². The molecule has 0 N–H and O–H groups in total. The van der Waals surface area contributed by atoms with E-state index in [9.17, 15) is 0 Å². The number of hydrogen-bond donors (Lipinski definition) is 0. The predicted octanol–water partition coefficient (Wildman–Crippen LogP) is 3.17. The first kappa shape index (κ1) is 13.5. The van der Waals surface area contributed by atoms with Gasteiger partial charge < -0.3 is 4.57 Å². The summed E-state index contributed by atoms with van der Waals surface area (Å²) >= 11 is 5.77. The minimum Gasteiger partial charge on any atom is -0.317 e. The van der Waals surface area contributed by atoms with Crippen LogP contribution >= 0.6 is 11.6 Å². The van der Waals surface area contributed by atoms with Crippen molar-refractivity contribution in [2.45, 2.75) is 46.4 Å². The fourth-order valence-electron chi connectivity index (χ4n) is 2.12. The van der Waals surface area contributed by atoms with Crippen LogP contribution in [0.2, 0.25) is 0 Å². The lowest BCUT2D eigenvalue weighted by molar-refractivity contribution is 0.302. The Kier molecular flexibility index (Phi) is 4.36. The molecule has 1 aromatic rings. The molecular formula is C12H22ClN3. The van der Waals surface area contributed by atoms with Crippen LogP contribution in [0.25, 0.3) is 0 Å². The second kappa shape index (κ2) is 5.17. The van der Waals surface area contributed by atoms with Crippen LogP contribution in [0.4, 0.5) is 0 Å². The van der Waals surface area contributed by atoms with Crippen molar-refractivity contribution in [3.05, 3.63) is 11.6 Å². The lowest BCUT2D eigenvalue weighted by atomic mass is 9.84. The maximum absolute atomic E-state index is 5.77. The van der Waals surface area contributed by atoms with E-state index in [-0.39, 0.29) is 0 Å². The number of aromatic nitrogens is 3. The molecule has 0 fully saturated rings. The molecule has 3 nitrogen and oxygen atoms in total. The second-order valence-electron chi connectivity index (χ2n) is 5.80. The molecule has 0 bridgehead atoms. The van der Waals surface area contributed by atoms with Crippen LogP contribution in [0, 0.1) is 11.3 Å². The monoisotopic (exact) mass is 243 g/mol. The van der Waals surface area contributed by atoms with Crippen LogP contribution in [-0.2, 0) is 19.3 Å². The summed E-state index contributed by atoms with van der Waals surface area (Å²) in [5.41, 5.74) is 0.368. The molecule has 1 atom stereocenters. The average molecular weight is 244 g/mol. The zero-order chi connectivity index (χ0) is 12.3. The summed E-state index contributed by atoms with van der Waals surface area (Å²) in [6.07, 6.45) is 2.16. The highest BCUT2D eigenvalue weighted by Crippen LogP contribution is 2.25. The SMILES string of the molecule is CC(Cc1nnc(CCl)n1C)CC(C)(C)C. The molecule has 1 aromatic heterocycles. The second-order valence-corrected chi connectivity index (χ2v) is 6.07. The van der Waals surface area contributed by atoms with Crippen molar-refractivity contribution in [1.29, 1.82) is 0 Å². The summed E-state index contributed by atoms with van der Waals surface area (Å²) in [6.45, 7) is 9.07. The van der Waals surface area contributed by atoms with Crippen molar-refractivity contribution in [2.24, 2.45) is 18.4 Å². The van der Waals surface area contributed by atoms with Crippen molar-refractivity contribution in [2.75, 3.05) is 0 Å². The van der Waals surface area contributed by atoms with E-state index >= 15 is 0 Å². The Balaban J connectivity index is 2.63. The van der Waals surface area contributed by atoms with Gasteiger partial charge in [-0.2, -0.15) is 0 Å². The minimum absolute atomic E-state index is 0.368. The first-order valence-corrected chi connectivity index (χ1v) is 6.30. The van der Waals surface area contributed by atoms with Gasteiger partial charge in [0.15, 0.2) is 0 Å². The van der Waals surface area contributed by atoms with E-state index in [1.807, 2.05) is 11.6 Å². The summed E-state index contributed by atoms with van der Waals surface area (Å²) in [5.74, 6) is 2.93. The predicted molar refractivity (Wildman–Crippen MR) is 67.5 cm³/mol. The molecule has 0 saturated heterocycles. The zero-order valence-corrected chi connectivity index (χ0v) is 11.7. The van der Waals surface area contributed by atoms with E-state index in [4.69, 9.17) is 11.6 Å². The Morgan fingerprint density at radius 1 is 1.25 bits per heavy atom. The molecule has 0 aliphatic heterocycles. The highest BCUT2D eigenvalue weighted by molar-refractivity contribution is 6.16. The van der Waals surface area contributed by atoms with Crippen LogP contribution in [0.15, 0.2) is 0 Å². The minimum atomic E-state index is 0.368. The van der Waals surface area contributed by atoms with Crippen LogP contribution in [-0.4, -0.2) is 14.8 Å². The van der Waals surface area contributed by atoms with E-state index < -0.39 is 0 Å². The van der Waals surface area contributed by atoms with E-state index in [0.29, 0.717) is 17.2 Å². The third kappa shape index (κ3) is 3.78. The Labute approximate surface area is 103 Å². The molecule has 4 heteroatoms. The quantitative estimate of drug-likeness (QED) is 0.761. The maximum Gasteiger partial charge on any atom is 0.147 e. The van der Waals surface area contributed by atoms with Gasteiger partial charge in [0, 0.05) is 13.5 Å². The number of rotatable bonds is 4. The van der Waals surface area contributed by atoms with Gasteiger partial charge in [-0.05, 0) is 17.8 Å². The van der Waals surface area contributed by atoms with Gasteiger partial charge in [-0.25, -0.2) is 0 Å². The van der Waals surface area contributed by atoms with Crippen LogP contribution in [0.1, 0.15) is 45.8 Å². The molecule has 0 aromatic carbocycles. The highest BCUT2D eigenvalue weighted by Gasteiger charge is 2.18. The third-order valence-corrected chi connectivity index (χ3v) is 2.91. The fourth-order valence-corrected chi connectivity index (χ4v) is 2.35. The zero-order valence-electron chi connectivity index (χ0n) is 10.9. The van der Waals surface area contributed by atoms with Gasteiger partial charge in [0.25, 0.3) is 0 Å². The highest BCUT2D eigenvalue weighted by atomic mass is 35.5. The lowest BCUT2D eigenvalue weighted by Crippen LogP contribution is -2.14. The topological polar surface area (TPSA) is 30.7 Å². The molecule has 0 aliphatic rings. The molecule has 1 heterocycles. The number of alkyl halides is 1. The molecule has 1 unspecified atom stereocenters. The Bertz CT molecular complexity index is 339. The number of nitrogens with zero attached hydrogens (tertiary/aromatic N) is 3. The van der Waals surface area contributed by atoms with Gasteiger partial charge in [0.05, 0.1) is 5.88 Å². The van der Waals surface area contributed by atoms with Crippen LogP contribution in [0.5, 0.6) is 0 Å². The van der Waals surface area contributed by atoms with Crippen molar-refractivity contribution in [3.63, 3.8) is 0 Å². The molecule has 92 valence electrons. The smallest absolute Gasteiger partial charge is 0.147 e.